The molecule has 2 rings (SSSR count). The normalized spacial score (nSPS) is 11.8. The molecule has 2 aromatic rings. The molecule has 172 valence electrons. The van der Waals surface area contributed by atoms with E-state index in [1.54, 1.807) is 14.2 Å². The summed E-state index contributed by atoms with van der Waals surface area (Å²) in [5.74, 6) is 3.13. The number of benzene rings is 2. The molecule has 0 aliphatic rings. The molecule has 7 nitrogen and oxygen atoms in total. The molecule has 31 heavy (non-hydrogen) atoms. The molecule has 0 heterocycles. The molecule has 2 N–H and O–H groups in total. The summed E-state index contributed by atoms with van der Waals surface area (Å²) in [4.78, 5) is 4.65. The number of guanidine groups is 1. The standard InChI is InChI=1S/C23H33N3O4.HI/c1-5-24-23(25-16-18(2)30-22-8-6-7-21(15-22)28-4)26-17-19-9-11-20(12-10-19)29-14-13-27-3;/h6-12,15,18H,5,13-14,16-17H2,1-4H3,(H2,24,25,26);1H. The Hall–Kier alpha value is -2.20. The smallest absolute Gasteiger partial charge is 0.191 e. The van der Waals surface area contributed by atoms with Crippen LogP contribution in [0.2, 0.25) is 0 Å². The van der Waals surface area contributed by atoms with E-state index in [0.717, 1.165) is 35.3 Å². The largest absolute Gasteiger partial charge is 0.497 e. The number of rotatable bonds is 12. The highest BCUT2D eigenvalue weighted by atomic mass is 127. The summed E-state index contributed by atoms with van der Waals surface area (Å²) in [6.45, 7) is 7.14. The quantitative estimate of drug-likeness (QED) is 0.183. The van der Waals surface area contributed by atoms with Crippen molar-refractivity contribution in [3.63, 3.8) is 0 Å². The molecule has 0 radical (unpaired) electrons. The van der Waals surface area contributed by atoms with E-state index in [4.69, 9.17) is 18.9 Å². The van der Waals surface area contributed by atoms with Gasteiger partial charge in [-0.3, -0.25) is 0 Å². The van der Waals surface area contributed by atoms with Gasteiger partial charge in [-0.1, -0.05) is 18.2 Å². The zero-order chi connectivity index (χ0) is 21.6. The number of ether oxygens (including phenoxy) is 4. The summed E-state index contributed by atoms with van der Waals surface area (Å²) in [6.07, 6.45) is -0.0375. The third kappa shape index (κ3) is 10.6. The Balaban J connectivity index is 0.00000480. The third-order valence-corrected chi connectivity index (χ3v) is 4.18. The Labute approximate surface area is 202 Å². The maximum Gasteiger partial charge on any atom is 0.191 e. The minimum absolute atomic E-state index is 0. The Morgan fingerprint density at radius 2 is 1.71 bits per heavy atom. The van der Waals surface area contributed by atoms with E-state index in [9.17, 15) is 0 Å². The van der Waals surface area contributed by atoms with Crippen molar-refractivity contribution in [3.05, 3.63) is 54.1 Å². The van der Waals surface area contributed by atoms with Crippen LogP contribution >= 0.6 is 24.0 Å². The van der Waals surface area contributed by atoms with Gasteiger partial charge in [0.25, 0.3) is 0 Å². The molecule has 1 unspecified atom stereocenters. The van der Waals surface area contributed by atoms with Crippen molar-refractivity contribution >= 4 is 29.9 Å². The van der Waals surface area contributed by atoms with E-state index in [-0.39, 0.29) is 30.1 Å². The Kier molecular flexibility index (Phi) is 13.5. The van der Waals surface area contributed by atoms with Crippen molar-refractivity contribution in [2.75, 3.05) is 40.5 Å². The summed E-state index contributed by atoms with van der Waals surface area (Å²) in [7, 11) is 3.30. The van der Waals surface area contributed by atoms with E-state index in [1.807, 2.05) is 62.4 Å². The van der Waals surface area contributed by atoms with Gasteiger partial charge in [0, 0.05) is 19.7 Å². The van der Waals surface area contributed by atoms with Crippen LogP contribution < -0.4 is 24.8 Å². The van der Waals surface area contributed by atoms with Gasteiger partial charge in [-0.15, -0.1) is 24.0 Å². The highest BCUT2D eigenvalue weighted by Crippen LogP contribution is 2.19. The van der Waals surface area contributed by atoms with Crippen LogP contribution in [0.15, 0.2) is 53.5 Å². The molecular weight excluding hydrogens is 509 g/mol. The summed E-state index contributed by atoms with van der Waals surface area (Å²) < 4.78 is 21.8. The van der Waals surface area contributed by atoms with Gasteiger partial charge >= 0.3 is 0 Å². The topological polar surface area (TPSA) is 73.3 Å². The SMILES string of the molecule is CCNC(=NCc1ccc(OCCOC)cc1)NCC(C)Oc1cccc(OC)c1.I. The van der Waals surface area contributed by atoms with Crippen molar-refractivity contribution in [2.24, 2.45) is 4.99 Å². The third-order valence-electron chi connectivity index (χ3n) is 4.18. The fourth-order valence-electron chi connectivity index (χ4n) is 2.63. The predicted molar refractivity (Wildman–Crippen MR) is 135 cm³/mol. The van der Waals surface area contributed by atoms with Crippen LogP contribution in [0.25, 0.3) is 0 Å². The minimum Gasteiger partial charge on any atom is -0.497 e. The maximum absolute atomic E-state index is 5.95. The van der Waals surface area contributed by atoms with Crippen LogP contribution in [0.4, 0.5) is 0 Å². The predicted octanol–water partition coefficient (Wildman–Crippen LogP) is 3.86. The lowest BCUT2D eigenvalue weighted by molar-refractivity contribution is 0.146. The fraction of sp³-hybridized carbons (Fsp3) is 0.435. The average Bonchev–Trinajstić information content (AvgIpc) is 2.77. The second-order valence-electron chi connectivity index (χ2n) is 6.67. The van der Waals surface area contributed by atoms with E-state index < -0.39 is 0 Å². The lowest BCUT2D eigenvalue weighted by Crippen LogP contribution is -2.41. The number of nitrogens with one attached hydrogen (secondary N) is 2. The molecule has 0 saturated carbocycles. The number of aliphatic imine (C=N–C) groups is 1. The van der Waals surface area contributed by atoms with Crippen molar-refractivity contribution in [2.45, 2.75) is 26.5 Å². The highest BCUT2D eigenvalue weighted by Gasteiger charge is 2.07. The van der Waals surface area contributed by atoms with Crippen LogP contribution in [-0.4, -0.2) is 52.6 Å². The minimum atomic E-state index is -0.0375. The van der Waals surface area contributed by atoms with Crippen LogP contribution in [0.3, 0.4) is 0 Å². The Morgan fingerprint density at radius 3 is 2.39 bits per heavy atom. The molecular formula is C23H34IN3O4. The van der Waals surface area contributed by atoms with Gasteiger partial charge in [-0.05, 0) is 43.7 Å². The first-order valence-corrected chi connectivity index (χ1v) is 10.2. The zero-order valence-corrected chi connectivity index (χ0v) is 21.1. The molecule has 0 amide bonds. The molecule has 0 aliphatic heterocycles. The molecule has 2 aromatic carbocycles. The highest BCUT2D eigenvalue weighted by molar-refractivity contribution is 14.0. The van der Waals surface area contributed by atoms with Gasteiger partial charge < -0.3 is 29.6 Å². The number of hydrogen-bond donors (Lipinski definition) is 2. The van der Waals surface area contributed by atoms with Crippen molar-refractivity contribution in [3.8, 4) is 17.2 Å². The van der Waals surface area contributed by atoms with Gasteiger partial charge in [0.1, 0.15) is 30.0 Å². The van der Waals surface area contributed by atoms with E-state index in [0.29, 0.717) is 26.3 Å². The number of hydrogen-bond acceptors (Lipinski definition) is 5. The van der Waals surface area contributed by atoms with Crippen molar-refractivity contribution in [1.82, 2.24) is 10.6 Å². The van der Waals surface area contributed by atoms with E-state index >= 15 is 0 Å². The summed E-state index contributed by atoms with van der Waals surface area (Å²) >= 11 is 0. The lowest BCUT2D eigenvalue weighted by atomic mass is 10.2. The first-order valence-electron chi connectivity index (χ1n) is 10.2. The molecule has 1 atom stereocenters. The van der Waals surface area contributed by atoms with Crippen molar-refractivity contribution in [1.29, 1.82) is 0 Å². The summed E-state index contributed by atoms with van der Waals surface area (Å²) in [5.41, 5.74) is 1.10. The molecule has 0 aromatic heterocycles. The monoisotopic (exact) mass is 543 g/mol. The van der Waals surface area contributed by atoms with Gasteiger partial charge in [-0.2, -0.15) is 0 Å². The van der Waals surface area contributed by atoms with Gasteiger partial charge in [0.15, 0.2) is 5.96 Å². The first-order chi connectivity index (χ1) is 14.6. The Morgan fingerprint density at radius 1 is 0.968 bits per heavy atom. The van der Waals surface area contributed by atoms with Crippen molar-refractivity contribution < 1.29 is 18.9 Å². The second-order valence-corrected chi connectivity index (χ2v) is 6.67. The van der Waals surface area contributed by atoms with Crippen LogP contribution in [-0.2, 0) is 11.3 Å². The molecule has 8 heteroatoms. The van der Waals surface area contributed by atoms with Gasteiger partial charge in [0.2, 0.25) is 0 Å². The molecule has 0 aliphatic carbocycles. The molecule has 0 spiro atoms. The zero-order valence-electron chi connectivity index (χ0n) is 18.7. The fourth-order valence-corrected chi connectivity index (χ4v) is 2.63. The number of methoxy groups -OCH3 is 2. The van der Waals surface area contributed by atoms with Crippen LogP contribution in [0, 0.1) is 0 Å². The lowest BCUT2D eigenvalue weighted by Gasteiger charge is -2.18. The average molecular weight is 543 g/mol. The molecule has 0 bridgehead atoms. The summed E-state index contributed by atoms with van der Waals surface area (Å²) in [5, 5.41) is 6.59. The van der Waals surface area contributed by atoms with E-state index in [2.05, 4.69) is 15.6 Å². The van der Waals surface area contributed by atoms with E-state index in [1.165, 1.54) is 0 Å². The summed E-state index contributed by atoms with van der Waals surface area (Å²) in [6, 6.07) is 15.5. The molecule has 0 saturated heterocycles. The van der Waals surface area contributed by atoms with Gasteiger partial charge in [-0.25, -0.2) is 4.99 Å². The second kappa shape index (κ2) is 15.6. The Bertz CT molecular complexity index is 772. The first kappa shape index (κ1) is 26.8. The number of halogens is 1. The maximum atomic E-state index is 5.95. The van der Waals surface area contributed by atoms with Crippen LogP contribution in [0.5, 0.6) is 17.2 Å². The van der Waals surface area contributed by atoms with Crippen LogP contribution in [0.1, 0.15) is 19.4 Å². The molecule has 0 fully saturated rings. The van der Waals surface area contributed by atoms with Gasteiger partial charge in [0.05, 0.1) is 26.8 Å². The number of nitrogens with zero attached hydrogens (tertiary/aromatic N) is 1.